The predicted molar refractivity (Wildman–Crippen MR) is 81.1 cm³/mol. The molecule has 2 atom stereocenters. The lowest BCUT2D eigenvalue weighted by atomic mass is 10.0. The molecule has 0 aromatic heterocycles. The third kappa shape index (κ3) is 3.50. The fourth-order valence-electron chi connectivity index (χ4n) is 2.68. The van der Waals surface area contributed by atoms with E-state index < -0.39 is 23.6 Å². The second kappa shape index (κ2) is 5.87. The summed E-state index contributed by atoms with van der Waals surface area (Å²) < 4.78 is 5.41. The van der Waals surface area contributed by atoms with Crippen molar-refractivity contribution < 1.29 is 19.4 Å². The Morgan fingerprint density at radius 1 is 1.23 bits per heavy atom. The average Bonchev–Trinajstić information content (AvgIpc) is 2.82. The first kappa shape index (κ1) is 16.1. The lowest BCUT2D eigenvalue weighted by molar-refractivity contribution is -0.122. The largest absolute Gasteiger partial charge is 0.508 e. The van der Waals surface area contributed by atoms with Gasteiger partial charge in [-0.15, -0.1) is 0 Å². The van der Waals surface area contributed by atoms with Crippen LogP contribution in [0.15, 0.2) is 24.3 Å². The van der Waals surface area contributed by atoms with Crippen LogP contribution in [0.1, 0.15) is 45.2 Å². The minimum Gasteiger partial charge on any atom is -0.508 e. The van der Waals surface area contributed by atoms with Crippen molar-refractivity contribution >= 4 is 12.0 Å². The molecule has 0 bridgehead atoms. The lowest BCUT2D eigenvalue weighted by Gasteiger charge is -2.31. The highest BCUT2D eigenvalue weighted by molar-refractivity contribution is 5.85. The molecule has 1 aliphatic heterocycles. The number of carbonyl (C=O) groups is 2. The van der Waals surface area contributed by atoms with Gasteiger partial charge in [0.15, 0.2) is 0 Å². The summed E-state index contributed by atoms with van der Waals surface area (Å²) in [4.78, 5) is 25.5. The molecule has 3 N–H and O–H groups in total. The zero-order chi connectivity index (χ0) is 16.5. The zero-order valence-electron chi connectivity index (χ0n) is 13.1. The number of primary amides is 1. The first-order chi connectivity index (χ1) is 10.2. The highest BCUT2D eigenvalue weighted by Crippen LogP contribution is 2.37. The van der Waals surface area contributed by atoms with Gasteiger partial charge in [0.1, 0.15) is 17.4 Å². The molecule has 1 aromatic carbocycles. The Balaban J connectivity index is 2.30. The van der Waals surface area contributed by atoms with Gasteiger partial charge >= 0.3 is 6.09 Å². The number of ether oxygens (including phenoxy) is 1. The van der Waals surface area contributed by atoms with E-state index in [9.17, 15) is 14.7 Å². The van der Waals surface area contributed by atoms with E-state index >= 15 is 0 Å². The number of likely N-dealkylation sites (tertiary alicyclic amines) is 1. The smallest absolute Gasteiger partial charge is 0.411 e. The second-order valence-corrected chi connectivity index (χ2v) is 6.49. The van der Waals surface area contributed by atoms with E-state index in [2.05, 4.69) is 0 Å². The molecule has 6 nitrogen and oxygen atoms in total. The monoisotopic (exact) mass is 306 g/mol. The normalized spacial score (nSPS) is 21.7. The van der Waals surface area contributed by atoms with Gasteiger partial charge in [-0.2, -0.15) is 0 Å². The summed E-state index contributed by atoms with van der Waals surface area (Å²) >= 11 is 0. The molecular weight excluding hydrogens is 284 g/mol. The summed E-state index contributed by atoms with van der Waals surface area (Å²) in [5.41, 5.74) is 5.61. The molecule has 1 aliphatic rings. The minimum atomic E-state index is -0.673. The van der Waals surface area contributed by atoms with Crippen LogP contribution < -0.4 is 5.73 Å². The Hall–Kier alpha value is -2.24. The maximum Gasteiger partial charge on any atom is 0.411 e. The van der Waals surface area contributed by atoms with Gasteiger partial charge in [0, 0.05) is 0 Å². The van der Waals surface area contributed by atoms with Crippen LogP contribution in [0.4, 0.5) is 4.79 Å². The van der Waals surface area contributed by atoms with Crippen molar-refractivity contribution in [3.05, 3.63) is 29.8 Å². The molecule has 0 aliphatic carbocycles. The van der Waals surface area contributed by atoms with E-state index in [4.69, 9.17) is 10.5 Å². The van der Waals surface area contributed by atoms with Gasteiger partial charge in [-0.1, -0.05) is 12.1 Å². The van der Waals surface area contributed by atoms with Crippen molar-refractivity contribution in [2.75, 3.05) is 0 Å². The van der Waals surface area contributed by atoms with Crippen molar-refractivity contribution in [3.8, 4) is 5.75 Å². The van der Waals surface area contributed by atoms with E-state index in [-0.39, 0.29) is 11.8 Å². The van der Waals surface area contributed by atoms with Crippen LogP contribution in [0, 0.1) is 0 Å². The maximum absolute atomic E-state index is 12.5. The Bertz CT molecular complexity index is 563. The van der Waals surface area contributed by atoms with Crippen LogP contribution in [0.25, 0.3) is 0 Å². The van der Waals surface area contributed by atoms with Crippen molar-refractivity contribution in [3.63, 3.8) is 0 Å². The minimum absolute atomic E-state index is 0.150. The van der Waals surface area contributed by atoms with Gasteiger partial charge < -0.3 is 15.6 Å². The third-order valence-corrected chi connectivity index (χ3v) is 3.60. The summed E-state index contributed by atoms with van der Waals surface area (Å²) in [7, 11) is 0. The molecule has 1 fully saturated rings. The SMILES string of the molecule is CC(C)(C)OC(=O)N1[C@@H](c2ccc(O)cc2)CC[C@H]1C(N)=O. The molecule has 0 spiro atoms. The summed E-state index contributed by atoms with van der Waals surface area (Å²) in [6.07, 6.45) is 0.574. The first-order valence-corrected chi connectivity index (χ1v) is 7.28. The number of carbonyl (C=O) groups excluding carboxylic acids is 2. The highest BCUT2D eigenvalue weighted by Gasteiger charge is 2.42. The van der Waals surface area contributed by atoms with Crippen LogP contribution in [0.2, 0.25) is 0 Å². The molecule has 2 amide bonds. The molecule has 0 saturated carbocycles. The lowest BCUT2D eigenvalue weighted by Crippen LogP contribution is -2.46. The van der Waals surface area contributed by atoms with E-state index in [1.165, 1.54) is 4.90 Å². The first-order valence-electron chi connectivity index (χ1n) is 7.28. The van der Waals surface area contributed by atoms with Gasteiger partial charge in [-0.05, 0) is 51.3 Å². The summed E-state index contributed by atoms with van der Waals surface area (Å²) in [5.74, 6) is -0.385. The van der Waals surface area contributed by atoms with Crippen molar-refractivity contribution in [1.29, 1.82) is 0 Å². The Kier molecular flexibility index (Phi) is 4.30. The van der Waals surface area contributed by atoms with E-state index in [0.717, 1.165) is 5.56 Å². The Morgan fingerprint density at radius 3 is 2.32 bits per heavy atom. The average molecular weight is 306 g/mol. The number of hydrogen-bond donors (Lipinski definition) is 2. The fraction of sp³-hybridized carbons (Fsp3) is 0.500. The number of rotatable bonds is 2. The van der Waals surface area contributed by atoms with Crippen molar-refractivity contribution in [1.82, 2.24) is 4.90 Å². The van der Waals surface area contributed by atoms with E-state index in [1.807, 2.05) is 0 Å². The number of nitrogens with zero attached hydrogens (tertiary/aromatic N) is 1. The van der Waals surface area contributed by atoms with Gasteiger partial charge in [0.2, 0.25) is 5.91 Å². The molecule has 0 unspecified atom stereocenters. The van der Waals surface area contributed by atoms with Gasteiger partial charge in [-0.25, -0.2) is 4.79 Å². The van der Waals surface area contributed by atoms with Gasteiger partial charge in [-0.3, -0.25) is 9.69 Å². The van der Waals surface area contributed by atoms with Crippen LogP contribution in [-0.2, 0) is 9.53 Å². The van der Waals surface area contributed by atoms with Crippen LogP contribution in [-0.4, -0.2) is 33.6 Å². The molecule has 1 saturated heterocycles. The molecule has 1 aromatic rings. The third-order valence-electron chi connectivity index (χ3n) is 3.60. The molecule has 6 heteroatoms. The van der Waals surface area contributed by atoms with Crippen LogP contribution in [0.3, 0.4) is 0 Å². The van der Waals surface area contributed by atoms with Gasteiger partial charge in [0.05, 0.1) is 6.04 Å². The molecule has 2 rings (SSSR count). The highest BCUT2D eigenvalue weighted by atomic mass is 16.6. The Labute approximate surface area is 129 Å². The summed E-state index contributed by atoms with van der Waals surface area (Å²) in [6, 6.07) is 5.63. The topological polar surface area (TPSA) is 92.9 Å². The predicted octanol–water partition coefficient (Wildman–Crippen LogP) is 2.32. The van der Waals surface area contributed by atoms with Gasteiger partial charge in [0.25, 0.3) is 0 Å². The number of aromatic hydroxyl groups is 1. The summed E-state index contributed by atoms with van der Waals surface area (Å²) in [6.45, 7) is 5.32. The maximum atomic E-state index is 12.5. The number of amides is 2. The second-order valence-electron chi connectivity index (χ2n) is 6.49. The molecule has 0 radical (unpaired) electrons. The summed E-state index contributed by atoms with van der Waals surface area (Å²) in [5, 5.41) is 9.39. The van der Waals surface area contributed by atoms with Crippen LogP contribution >= 0.6 is 0 Å². The van der Waals surface area contributed by atoms with E-state index in [0.29, 0.717) is 12.8 Å². The fourth-order valence-corrected chi connectivity index (χ4v) is 2.68. The number of phenolic OH excluding ortho intramolecular Hbond substituents is 1. The molecule has 1 heterocycles. The number of hydrogen-bond acceptors (Lipinski definition) is 4. The quantitative estimate of drug-likeness (QED) is 0.877. The number of nitrogens with two attached hydrogens (primary N) is 1. The zero-order valence-corrected chi connectivity index (χ0v) is 13.1. The van der Waals surface area contributed by atoms with Crippen molar-refractivity contribution in [2.24, 2.45) is 5.73 Å². The van der Waals surface area contributed by atoms with E-state index in [1.54, 1.807) is 45.0 Å². The number of phenols is 1. The van der Waals surface area contributed by atoms with Crippen molar-refractivity contribution in [2.45, 2.75) is 51.3 Å². The Morgan fingerprint density at radius 2 is 1.82 bits per heavy atom. The molecule has 120 valence electrons. The molecular formula is C16H22N2O4. The number of benzene rings is 1. The molecule has 22 heavy (non-hydrogen) atoms. The van der Waals surface area contributed by atoms with Crippen LogP contribution in [0.5, 0.6) is 5.75 Å². The standard InChI is InChI=1S/C16H22N2O4/c1-16(2,3)22-15(21)18-12(8-9-13(18)14(17)20)10-4-6-11(19)7-5-10/h4-7,12-13,19H,8-9H2,1-3H3,(H2,17,20)/t12-,13+/m1/s1.